The minimum Gasteiger partial charge on any atom is -0.494 e. The van der Waals surface area contributed by atoms with Crippen LogP contribution in [0.3, 0.4) is 0 Å². The molecule has 0 aromatic heterocycles. The van der Waals surface area contributed by atoms with Crippen molar-refractivity contribution in [3.8, 4) is 5.75 Å². The second-order valence-corrected chi connectivity index (χ2v) is 6.64. The maximum Gasteiger partial charge on any atom is 0.273 e. The van der Waals surface area contributed by atoms with Crippen molar-refractivity contribution in [3.05, 3.63) is 69.9 Å². The van der Waals surface area contributed by atoms with Crippen molar-refractivity contribution < 1.29 is 9.66 Å². The summed E-state index contributed by atoms with van der Waals surface area (Å²) in [6.07, 6.45) is 3.68. The van der Waals surface area contributed by atoms with Gasteiger partial charge >= 0.3 is 0 Å². The summed E-state index contributed by atoms with van der Waals surface area (Å²) in [5.74, 6) is 0.371. The number of rotatable bonds is 4. The Hall–Kier alpha value is -3.15. The molecule has 2 aromatic carbocycles. The maximum absolute atomic E-state index is 10.9. The first-order chi connectivity index (χ1) is 12.4. The van der Waals surface area contributed by atoms with Gasteiger partial charge in [-0.05, 0) is 23.8 Å². The summed E-state index contributed by atoms with van der Waals surface area (Å²) in [6.45, 7) is 4.36. The van der Waals surface area contributed by atoms with Crippen LogP contribution >= 0.6 is 0 Å². The normalized spacial score (nSPS) is 16.9. The molecule has 0 bridgehead atoms. The summed E-state index contributed by atoms with van der Waals surface area (Å²) in [5.41, 5.74) is 3.98. The summed E-state index contributed by atoms with van der Waals surface area (Å²) < 4.78 is 5.22. The zero-order valence-electron chi connectivity index (χ0n) is 15.3. The summed E-state index contributed by atoms with van der Waals surface area (Å²) in [5, 5.41) is 10.9. The van der Waals surface area contributed by atoms with Crippen LogP contribution in [0.2, 0.25) is 0 Å². The molecule has 0 atom stereocenters. The third kappa shape index (κ3) is 2.94. The van der Waals surface area contributed by atoms with Crippen LogP contribution in [-0.2, 0) is 5.41 Å². The molecular weight excluding hydrogens is 330 g/mol. The fourth-order valence-corrected chi connectivity index (χ4v) is 3.38. The molecule has 0 fully saturated rings. The lowest BCUT2D eigenvalue weighted by atomic mass is 9.84. The van der Waals surface area contributed by atoms with Gasteiger partial charge in [-0.15, -0.1) is 0 Å². The Bertz CT molecular complexity index is 916. The molecule has 134 valence electrons. The van der Waals surface area contributed by atoms with E-state index in [9.17, 15) is 10.1 Å². The molecule has 0 N–H and O–H groups in total. The highest BCUT2D eigenvalue weighted by Crippen LogP contribution is 2.46. The lowest BCUT2D eigenvalue weighted by Crippen LogP contribution is -2.23. The van der Waals surface area contributed by atoms with Gasteiger partial charge in [0.25, 0.3) is 5.69 Å². The average Bonchev–Trinajstić information content (AvgIpc) is 2.82. The van der Waals surface area contributed by atoms with Crippen molar-refractivity contribution in [2.45, 2.75) is 19.3 Å². The number of likely N-dealkylation sites (N-methyl/N-ethyl adjacent to an activating group) is 1. The van der Waals surface area contributed by atoms with Crippen LogP contribution in [0.1, 0.15) is 19.4 Å². The molecule has 0 radical (unpaired) electrons. The van der Waals surface area contributed by atoms with Gasteiger partial charge in [-0.3, -0.25) is 15.1 Å². The second kappa shape index (κ2) is 6.63. The number of methoxy groups -OCH3 is 1. The minimum absolute atomic E-state index is 0.0220. The van der Waals surface area contributed by atoms with Gasteiger partial charge in [0.1, 0.15) is 5.69 Å². The van der Waals surface area contributed by atoms with Crippen LogP contribution in [-0.4, -0.2) is 25.3 Å². The van der Waals surface area contributed by atoms with E-state index in [-0.39, 0.29) is 11.1 Å². The topological polar surface area (TPSA) is 68.0 Å². The predicted octanol–water partition coefficient (Wildman–Crippen LogP) is 4.62. The largest absolute Gasteiger partial charge is 0.494 e. The SMILES string of the molecule is COc1cc([N+](=O)[O-])ccc1N=C/C=C1/N(C)c2ccccc2C1(C)C. The molecule has 1 aliphatic heterocycles. The number of nitrogens with zero attached hydrogens (tertiary/aromatic N) is 3. The quantitative estimate of drug-likeness (QED) is 0.458. The molecule has 6 nitrogen and oxygen atoms in total. The number of hydrogen-bond acceptors (Lipinski definition) is 5. The third-order valence-electron chi connectivity index (χ3n) is 4.76. The van der Waals surface area contributed by atoms with Gasteiger partial charge in [0.05, 0.1) is 18.1 Å². The standard InChI is InChI=1S/C20H21N3O3/c1-20(2)15-7-5-6-8-17(15)22(3)19(20)11-12-21-16-10-9-14(23(24)25)13-18(16)26-4/h5-13H,1-4H3/b19-11+,21-12?. The Morgan fingerprint density at radius 1 is 1.23 bits per heavy atom. The van der Waals surface area contributed by atoms with Crippen molar-refractivity contribution in [1.82, 2.24) is 0 Å². The van der Waals surface area contributed by atoms with Gasteiger partial charge in [-0.1, -0.05) is 32.0 Å². The Kier molecular flexibility index (Phi) is 4.50. The van der Waals surface area contributed by atoms with E-state index in [1.54, 1.807) is 12.3 Å². The molecule has 6 heteroatoms. The summed E-state index contributed by atoms with van der Waals surface area (Å²) in [6, 6.07) is 12.7. The number of benzene rings is 2. The fraction of sp³-hybridized carbons (Fsp3) is 0.250. The smallest absolute Gasteiger partial charge is 0.273 e. The highest BCUT2D eigenvalue weighted by Gasteiger charge is 2.37. The third-order valence-corrected chi connectivity index (χ3v) is 4.76. The zero-order chi connectivity index (χ0) is 18.9. The van der Waals surface area contributed by atoms with Crippen molar-refractivity contribution >= 4 is 23.3 Å². The predicted molar refractivity (Wildman–Crippen MR) is 104 cm³/mol. The molecule has 2 aromatic rings. The molecule has 1 heterocycles. The Morgan fingerprint density at radius 3 is 2.62 bits per heavy atom. The monoisotopic (exact) mass is 351 g/mol. The van der Waals surface area contributed by atoms with E-state index in [0.717, 1.165) is 5.70 Å². The van der Waals surface area contributed by atoms with E-state index in [0.29, 0.717) is 11.4 Å². The van der Waals surface area contributed by atoms with Crippen LogP contribution < -0.4 is 9.64 Å². The first-order valence-corrected chi connectivity index (χ1v) is 8.26. The van der Waals surface area contributed by atoms with E-state index >= 15 is 0 Å². The Balaban J connectivity index is 1.92. The molecule has 0 spiro atoms. The summed E-state index contributed by atoms with van der Waals surface area (Å²) >= 11 is 0. The summed E-state index contributed by atoms with van der Waals surface area (Å²) in [7, 11) is 3.51. The van der Waals surface area contributed by atoms with Crippen molar-refractivity contribution in [3.63, 3.8) is 0 Å². The van der Waals surface area contributed by atoms with E-state index in [1.165, 1.54) is 30.5 Å². The van der Waals surface area contributed by atoms with Crippen molar-refractivity contribution in [2.24, 2.45) is 4.99 Å². The maximum atomic E-state index is 10.9. The van der Waals surface area contributed by atoms with Gasteiger partial charge in [0, 0.05) is 36.1 Å². The van der Waals surface area contributed by atoms with E-state index in [4.69, 9.17) is 4.74 Å². The molecule has 0 amide bonds. The van der Waals surface area contributed by atoms with Crippen LogP contribution in [0.5, 0.6) is 5.75 Å². The lowest BCUT2D eigenvalue weighted by molar-refractivity contribution is -0.384. The number of ether oxygens (including phenoxy) is 1. The molecular formula is C20H21N3O3. The number of allylic oxidation sites excluding steroid dienone is 2. The molecule has 3 rings (SSSR count). The van der Waals surface area contributed by atoms with Gasteiger partial charge in [-0.25, -0.2) is 0 Å². The van der Waals surface area contributed by atoms with Crippen LogP contribution in [0.15, 0.2) is 59.2 Å². The van der Waals surface area contributed by atoms with Gasteiger partial charge in [0.15, 0.2) is 5.75 Å². The average molecular weight is 351 g/mol. The zero-order valence-corrected chi connectivity index (χ0v) is 15.3. The number of non-ortho nitro benzene ring substituents is 1. The number of nitro benzene ring substituents is 1. The van der Waals surface area contributed by atoms with Crippen LogP contribution in [0, 0.1) is 10.1 Å². The van der Waals surface area contributed by atoms with Crippen LogP contribution in [0.4, 0.5) is 17.1 Å². The number of hydrogen-bond donors (Lipinski definition) is 0. The number of para-hydroxylation sites is 1. The number of nitro groups is 1. The summed E-state index contributed by atoms with van der Waals surface area (Å²) in [4.78, 5) is 17.0. The van der Waals surface area contributed by atoms with Crippen molar-refractivity contribution in [1.29, 1.82) is 0 Å². The highest BCUT2D eigenvalue weighted by molar-refractivity contribution is 5.81. The molecule has 1 aliphatic rings. The second-order valence-electron chi connectivity index (χ2n) is 6.64. The van der Waals surface area contributed by atoms with Gasteiger partial charge in [0.2, 0.25) is 0 Å². The van der Waals surface area contributed by atoms with Crippen molar-refractivity contribution in [2.75, 3.05) is 19.1 Å². The van der Waals surface area contributed by atoms with E-state index < -0.39 is 4.92 Å². The molecule has 0 saturated carbocycles. The molecule has 0 unspecified atom stereocenters. The lowest BCUT2D eigenvalue weighted by Gasteiger charge is -2.23. The van der Waals surface area contributed by atoms with Gasteiger partial charge < -0.3 is 9.64 Å². The van der Waals surface area contributed by atoms with E-state index in [2.05, 4.69) is 35.9 Å². The van der Waals surface area contributed by atoms with E-state index in [1.807, 2.05) is 25.3 Å². The van der Waals surface area contributed by atoms with Gasteiger partial charge in [-0.2, -0.15) is 0 Å². The first-order valence-electron chi connectivity index (χ1n) is 8.26. The molecule has 26 heavy (non-hydrogen) atoms. The number of aliphatic imine (C=N–C) groups is 1. The Labute approximate surface area is 152 Å². The number of anilines is 1. The highest BCUT2D eigenvalue weighted by atomic mass is 16.6. The number of fused-ring (bicyclic) bond motifs is 1. The minimum atomic E-state index is -0.453. The first kappa shape index (κ1) is 17.7. The molecule has 0 aliphatic carbocycles. The van der Waals surface area contributed by atoms with Crippen LogP contribution in [0.25, 0.3) is 0 Å². The fourth-order valence-electron chi connectivity index (χ4n) is 3.38. The molecule has 0 saturated heterocycles. The Morgan fingerprint density at radius 2 is 1.96 bits per heavy atom.